The van der Waals surface area contributed by atoms with E-state index in [9.17, 15) is 19.2 Å². The molecule has 138 valence electrons. The fourth-order valence-corrected chi connectivity index (χ4v) is 3.40. The molecule has 1 saturated heterocycles. The molecule has 8 heteroatoms. The first-order valence-corrected chi connectivity index (χ1v) is 8.76. The van der Waals surface area contributed by atoms with Crippen LogP contribution in [0.4, 0.5) is 5.69 Å². The maximum atomic E-state index is 12.7. The number of nitrogens with zero attached hydrogens (tertiary/aromatic N) is 1. The van der Waals surface area contributed by atoms with Gasteiger partial charge < -0.3 is 16.0 Å². The molecule has 0 aliphatic carbocycles. The van der Waals surface area contributed by atoms with E-state index in [2.05, 4.69) is 10.6 Å². The highest BCUT2D eigenvalue weighted by atomic mass is 16.2. The molecule has 0 saturated carbocycles. The lowest BCUT2D eigenvalue weighted by molar-refractivity contribution is -0.137. The summed E-state index contributed by atoms with van der Waals surface area (Å²) in [5, 5.41) is 5.60. The molecule has 1 fully saturated rings. The van der Waals surface area contributed by atoms with Crippen molar-refractivity contribution in [1.82, 2.24) is 10.2 Å². The van der Waals surface area contributed by atoms with E-state index < -0.39 is 11.9 Å². The zero-order valence-electron chi connectivity index (χ0n) is 14.4. The number of carbonyl (C=O) groups excluding carboxylic acids is 4. The number of benzene rings is 1. The summed E-state index contributed by atoms with van der Waals surface area (Å²) in [5.74, 6) is -1.21. The summed E-state index contributed by atoms with van der Waals surface area (Å²) in [6.07, 6.45) is 2.44. The van der Waals surface area contributed by atoms with Crippen molar-refractivity contribution in [3.05, 3.63) is 29.3 Å². The average molecular weight is 358 g/mol. The largest absolute Gasteiger partial charge is 0.385 e. The number of primary amides is 1. The van der Waals surface area contributed by atoms with E-state index in [1.165, 1.54) is 4.90 Å². The van der Waals surface area contributed by atoms with E-state index >= 15 is 0 Å². The third kappa shape index (κ3) is 3.68. The number of nitrogens with two attached hydrogens (primary N) is 1. The summed E-state index contributed by atoms with van der Waals surface area (Å²) in [6, 6.07) is 4.84. The number of piperidine rings is 1. The molecule has 1 aromatic carbocycles. The van der Waals surface area contributed by atoms with E-state index in [-0.39, 0.29) is 24.1 Å². The Morgan fingerprint density at radius 2 is 2.08 bits per heavy atom. The Labute approximate surface area is 151 Å². The second-order valence-corrected chi connectivity index (χ2v) is 6.58. The topological polar surface area (TPSA) is 122 Å². The van der Waals surface area contributed by atoms with Gasteiger partial charge in [0.2, 0.25) is 17.7 Å². The van der Waals surface area contributed by atoms with Crippen molar-refractivity contribution in [2.45, 2.75) is 44.7 Å². The Bertz CT molecular complexity index is 762. The summed E-state index contributed by atoms with van der Waals surface area (Å²) in [5.41, 5.74) is 7.42. The van der Waals surface area contributed by atoms with Crippen molar-refractivity contribution in [3.8, 4) is 0 Å². The number of hydrogen-bond acceptors (Lipinski definition) is 5. The summed E-state index contributed by atoms with van der Waals surface area (Å²) in [6.45, 7) is 1.00. The molecule has 4 N–H and O–H groups in total. The first-order chi connectivity index (χ1) is 12.5. The fourth-order valence-electron chi connectivity index (χ4n) is 3.40. The van der Waals surface area contributed by atoms with E-state index in [4.69, 9.17) is 5.73 Å². The third-order valence-corrected chi connectivity index (χ3v) is 4.75. The number of imide groups is 1. The third-order valence-electron chi connectivity index (χ3n) is 4.75. The number of amides is 4. The maximum absolute atomic E-state index is 12.7. The molecule has 1 atom stereocenters. The standard InChI is InChI=1S/C18H22N4O4/c19-15(23)6-1-2-9-20-13-5-3-4-11-12(13)10-22(18(11)26)14-7-8-16(24)21-17(14)25/h3-5,14,20H,1-2,6-10H2,(H2,19,23)(H,21,24,25). The minimum absolute atomic E-state index is 0.188. The van der Waals surface area contributed by atoms with Crippen LogP contribution in [0.5, 0.6) is 0 Å². The van der Waals surface area contributed by atoms with E-state index in [1.54, 1.807) is 12.1 Å². The molecule has 2 heterocycles. The quantitative estimate of drug-likeness (QED) is 0.484. The van der Waals surface area contributed by atoms with Gasteiger partial charge in [0.1, 0.15) is 6.04 Å². The zero-order valence-corrected chi connectivity index (χ0v) is 14.4. The highest BCUT2D eigenvalue weighted by Crippen LogP contribution is 2.32. The molecule has 1 aromatic rings. The van der Waals surface area contributed by atoms with Gasteiger partial charge in [0.15, 0.2) is 0 Å². The molecule has 0 bridgehead atoms. The number of fused-ring (bicyclic) bond motifs is 1. The first-order valence-electron chi connectivity index (χ1n) is 8.76. The van der Waals surface area contributed by atoms with Crippen molar-refractivity contribution in [2.24, 2.45) is 5.73 Å². The minimum Gasteiger partial charge on any atom is -0.385 e. The summed E-state index contributed by atoms with van der Waals surface area (Å²) < 4.78 is 0. The summed E-state index contributed by atoms with van der Waals surface area (Å²) >= 11 is 0. The lowest BCUT2D eigenvalue weighted by Crippen LogP contribution is -2.52. The van der Waals surface area contributed by atoms with E-state index in [0.29, 0.717) is 37.9 Å². The molecule has 3 rings (SSSR count). The van der Waals surface area contributed by atoms with Gasteiger partial charge in [0, 0.05) is 42.7 Å². The van der Waals surface area contributed by atoms with Gasteiger partial charge in [-0.05, 0) is 31.4 Å². The smallest absolute Gasteiger partial charge is 0.255 e. The van der Waals surface area contributed by atoms with Crippen LogP contribution in [0.15, 0.2) is 18.2 Å². The highest BCUT2D eigenvalue weighted by molar-refractivity contribution is 6.06. The van der Waals surface area contributed by atoms with Gasteiger partial charge in [-0.15, -0.1) is 0 Å². The van der Waals surface area contributed by atoms with Gasteiger partial charge in [-0.2, -0.15) is 0 Å². The van der Waals surface area contributed by atoms with Crippen molar-refractivity contribution < 1.29 is 19.2 Å². The molecular formula is C18H22N4O4. The predicted molar refractivity (Wildman–Crippen MR) is 94.0 cm³/mol. The number of rotatable bonds is 7. The first kappa shape index (κ1) is 17.9. The van der Waals surface area contributed by atoms with Gasteiger partial charge in [0.05, 0.1) is 0 Å². The lowest BCUT2D eigenvalue weighted by atomic mass is 10.0. The molecule has 8 nitrogen and oxygen atoms in total. The second kappa shape index (κ2) is 7.55. The normalized spacial score (nSPS) is 19.3. The highest BCUT2D eigenvalue weighted by Gasteiger charge is 2.39. The Hall–Kier alpha value is -2.90. The summed E-state index contributed by atoms with van der Waals surface area (Å²) in [7, 11) is 0. The number of anilines is 1. The SMILES string of the molecule is NC(=O)CCCCNc1cccc2c1CN(C1CCC(=O)NC1=O)C2=O. The molecule has 0 radical (unpaired) electrons. The predicted octanol–water partition coefficient (Wildman–Crippen LogP) is 0.515. The van der Waals surface area contributed by atoms with Crippen LogP contribution in [0.3, 0.4) is 0 Å². The Kier molecular flexibility index (Phi) is 5.20. The Morgan fingerprint density at radius 1 is 1.27 bits per heavy atom. The number of hydrogen-bond donors (Lipinski definition) is 3. The number of nitrogens with one attached hydrogen (secondary N) is 2. The van der Waals surface area contributed by atoms with E-state index in [1.807, 2.05) is 6.07 Å². The molecule has 0 aromatic heterocycles. The van der Waals surface area contributed by atoms with Crippen LogP contribution in [-0.2, 0) is 20.9 Å². The van der Waals surface area contributed by atoms with Crippen molar-refractivity contribution in [3.63, 3.8) is 0 Å². The van der Waals surface area contributed by atoms with Crippen molar-refractivity contribution in [1.29, 1.82) is 0 Å². The van der Waals surface area contributed by atoms with Crippen molar-refractivity contribution in [2.75, 3.05) is 11.9 Å². The number of unbranched alkanes of at least 4 members (excludes halogenated alkanes) is 1. The Morgan fingerprint density at radius 3 is 2.81 bits per heavy atom. The zero-order chi connectivity index (χ0) is 18.7. The van der Waals surface area contributed by atoms with Crippen LogP contribution in [0.25, 0.3) is 0 Å². The van der Waals surface area contributed by atoms with Gasteiger partial charge >= 0.3 is 0 Å². The van der Waals surface area contributed by atoms with Gasteiger partial charge in [-0.1, -0.05) is 6.07 Å². The monoisotopic (exact) mass is 358 g/mol. The molecule has 2 aliphatic heterocycles. The van der Waals surface area contributed by atoms with E-state index in [0.717, 1.165) is 17.7 Å². The molecule has 2 aliphatic rings. The fraction of sp³-hybridized carbons (Fsp3) is 0.444. The lowest BCUT2D eigenvalue weighted by Gasteiger charge is -2.29. The van der Waals surface area contributed by atoms with Crippen LogP contribution in [-0.4, -0.2) is 41.1 Å². The van der Waals surface area contributed by atoms with Crippen LogP contribution in [0.1, 0.15) is 48.0 Å². The minimum atomic E-state index is -0.615. The summed E-state index contributed by atoms with van der Waals surface area (Å²) in [4.78, 5) is 48.4. The molecule has 4 amide bonds. The van der Waals surface area contributed by atoms with Crippen LogP contribution >= 0.6 is 0 Å². The molecule has 26 heavy (non-hydrogen) atoms. The van der Waals surface area contributed by atoms with Gasteiger partial charge in [-0.3, -0.25) is 24.5 Å². The van der Waals surface area contributed by atoms with Crippen molar-refractivity contribution >= 4 is 29.3 Å². The van der Waals surface area contributed by atoms with Gasteiger partial charge in [0.25, 0.3) is 5.91 Å². The van der Waals surface area contributed by atoms with Crippen LogP contribution in [0, 0.1) is 0 Å². The number of carbonyl (C=O) groups is 4. The van der Waals surface area contributed by atoms with Gasteiger partial charge in [-0.25, -0.2) is 0 Å². The Balaban J connectivity index is 1.66. The van der Waals surface area contributed by atoms with Crippen LogP contribution in [0.2, 0.25) is 0 Å². The maximum Gasteiger partial charge on any atom is 0.255 e. The van der Waals surface area contributed by atoms with Crippen LogP contribution < -0.4 is 16.4 Å². The second-order valence-electron chi connectivity index (χ2n) is 6.58. The molecular weight excluding hydrogens is 336 g/mol. The molecule has 1 unspecified atom stereocenters. The average Bonchev–Trinajstić information content (AvgIpc) is 2.92. The molecule has 0 spiro atoms.